The number of hydrogen-bond acceptors (Lipinski definition) is 6. The van der Waals surface area contributed by atoms with Crippen LogP contribution in [-0.4, -0.2) is 39.4 Å². The van der Waals surface area contributed by atoms with E-state index in [9.17, 15) is 9.59 Å². The number of carbonyl (C=O) groups is 2. The second kappa shape index (κ2) is 25.2. The first kappa shape index (κ1) is 36.5. The van der Waals surface area contributed by atoms with E-state index in [0.29, 0.717) is 13.2 Å². The molecule has 0 unspecified atom stereocenters. The van der Waals surface area contributed by atoms with E-state index in [0.717, 1.165) is 48.3 Å². The highest BCUT2D eigenvalue weighted by atomic mass is 16.5. The molecule has 0 bridgehead atoms. The van der Waals surface area contributed by atoms with Gasteiger partial charge in [-0.2, -0.15) is 0 Å². The molecule has 0 spiro atoms. The lowest BCUT2D eigenvalue weighted by atomic mass is 10.1. The van der Waals surface area contributed by atoms with Crippen molar-refractivity contribution in [2.45, 2.75) is 90.9 Å². The second-order valence-electron chi connectivity index (χ2n) is 10.1. The van der Waals surface area contributed by atoms with Crippen LogP contribution in [0.4, 0.5) is 0 Å². The number of ether oxygens (including phenoxy) is 4. The Kier molecular flexibility index (Phi) is 21.9. The van der Waals surface area contributed by atoms with E-state index < -0.39 is 0 Å². The van der Waals surface area contributed by atoms with Gasteiger partial charge in [0.05, 0.1) is 27.4 Å². The standard InChI is InChI=1S/2C18H26O3/c2*1-3-4-5-6-7-8-15-21-18(19)14-11-16-9-12-17(20-2)13-10-16/h2*9-14H,3-8,15H2,1-2H3. The third kappa shape index (κ3) is 19.5. The van der Waals surface area contributed by atoms with Crippen molar-refractivity contribution in [3.63, 3.8) is 0 Å². The summed E-state index contributed by atoms with van der Waals surface area (Å²) in [5, 5.41) is 0. The van der Waals surface area contributed by atoms with Gasteiger partial charge in [-0.3, -0.25) is 0 Å². The van der Waals surface area contributed by atoms with Gasteiger partial charge in [-0.1, -0.05) is 102 Å². The smallest absolute Gasteiger partial charge is 0.330 e. The van der Waals surface area contributed by atoms with E-state index in [-0.39, 0.29) is 11.9 Å². The highest BCUT2D eigenvalue weighted by Gasteiger charge is 1.99. The molecule has 6 nitrogen and oxygen atoms in total. The van der Waals surface area contributed by atoms with Crippen molar-refractivity contribution in [2.24, 2.45) is 0 Å². The lowest BCUT2D eigenvalue weighted by molar-refractivity contribution is -0.138. The number of unbranched alkanes of at least 4 members (excludes halogenated alkanes) is 10. The zero-order chi connectivity index (χ0) is 30.7. The van der Waals surface area contributed by atoms with Crippen LogP contribution in [0, 0.1) is 0 Å². The minimum absolute atomic E-state index is 0.278. The largest absolute Gasteiger partial charge is 0.497 e. The van der Waals surface area contributed by atoms with Crippen LogP contribution in [0.5, 0.6) is 11.5 Å². The minimum Gasteiger partial charge on any atom is -0.497 e. The van der Waals surface area contributed by atoms with Gasteiger partial charge >= 0.3 is 11.9 Å². The number of hydrogen-bond donors (Lipinski definition) is 0. The molecule has 0 N–H and O–H groups in total. The molecule has 2 rings (SSSR count). The van der Waals surface area contributed by atoms with Gasteiger partial charge in [-0.25, -0.2) is 9.59 Å². The number of methoxy groups -OCH3 is 2. The summed E-state index contributed by atoms with van der Waals surface area (Å²) >= 11 is 0. The van der Waals surface area contributed by atoms with E-state index in [1.165, 1.54) is 63.5 Å². The van der Waals surface area contributed by atoms with Crippen LogP contribution in [0.15, 0.2) is 60.7 Å². The van der Waals surface area contributed by atoms with Crippen LogP contribution in [0.1, 0.15) is 102 Å². The Labute approximate surface area is 254 Å². The number of benzene rings is 2. The molecule has 0 radical (unpaired) electrons. The van der Waals surface area contributed by atoms with E-state index in [1.54, 1.807) is 26.4 Å². The van der Waals surface area contributed by atoms with Crippen molar-refractivity contribution in [2.75, 3.05) is 27.4 Å². The summed E-state index contributed by atoms with van der Waals surface area (Å²) in [5.41, 5.74) is 1.90. The van der Waals surface area contributed by atoms with Gasteiger partial charge in [0.1, 0.15) is 11.5 Å². The summed E-state index contributed by atoms with van der Waals surface area (Å²) < 4.78 is 20.5. The quantitative estimate of drug-likeness (QED) is 0.0883. The van der Waals surface area contributed by atoms with Gasteiger partial charge in [0, 0.05) is 12.2 Å². The van der Waals surface area contributed by atoms with Gasteiger partial charge < -0.3 is 18.9 Å². The molecule has 6 heteroatoms. The predicted molar refractivity (Wildman–Crippen MR) is 173 cm³/mol. The fourth-order valence-electron chi connectivity index (χ4n) is 3.97. The number of rotatable bonds is 20. The molecule has 0 aliphatic heterocycles. The molecule has 42 heavy (non-hydrogen) atoms. The number of esters is 2. The topological polar surface area (TPSA) is 71.1 Å². The van der Waals surface area contributed by atoms with E-state index in [2.05, 4.69) is 13.8 Å². The normalized spacial score (nSPS) is 10.8. The van der Waals surface area contributed by atoms with Crippen LogP contribution < -0.4 is 9.47 Å². The van der Waals surface area contributed by atoms with Crippen molar-refractivity contribution in [1.29, 1.82) is 0 Å². The first-order chi connectivity index (χ1) is 20.5. The Morgan fingerprint density at radius 1 is 0.524 bits per heavy atom. The lowest BCUT2D eigenvalue weighted by Gasteiger charge is -2.02. The maximum Gasteiger partial charge on any atom is 0.330 e. The number of carbonyl (C=O) groups excluding carboxylic acids is 2. The molecule has 0 amide bonds. The zero-order valence-electron chi connectivity index (χ0n) is 26.3. The van der Waals surface area contributed by atoms with Gasteiger partial charge in [0.15, 0.2) is 0 Å². The summed E-state index contributed by atoms with van der Waals surface area (Å²) in [6, 6.07) is 15.0. The Hall–Kier alpha value is -3.54. The van der Waals surface area contributed by atoms with Crippen molar-refractivity contribution >= 4 is 24.1 Å². The average Bonchev–Trinajstić information content (AvgIpc) is 3.02. The highest BCUT2D eigenvalue weighted by molar-refractivity contribution is 5.87. The summed E-state index contributed by atoms with van der Waals surface area (Å²) in [4.78, 5) is 23.1. The molecule has 232 valence electrons. The summed E-state index contributed by atoms with van der Waals surface area (Å²) in [7, 11) is 3.26. The third-order valence-electron chi connectivity index (χ3n) is 6.54. The predicted octanol–water partition coefficient (Wildman–Crippen LogP) is 9.22. The van der Waals surface area contributed by atoms with Crippen molar-refractivity contribution in [1.82, 2.24) is 0 Å². The van der Waals surface area contributed by atoms with E-state index in [4.69, 9.17) is 18.9 Å². The van der Waals surface area contributed by atoms with Gasteiger partial charge in [-0.15, -0.1) is 0 Å². The van der Waals surface area contributed by atoms with Crippen LogP contribution in [0.2, 0.25) is 0 Å². The van der Waals surface area contributed by atoms with Crippen LogP contribution in [0.3, 0.4) is 0 Å². The summed E-state index contributed by atoms with van der Waals surface area (Å²) in [6.07, 6.45) is 20.7. The van der Waals surface area contributed by atoms with E-state index >= 15 is 0 Å². The van der Waals surface area contributed by atoms with Crippen LogP contribution >= 0.6 is 0 Å². The molecule has 0 aliphatic rings. The molecule has 2 aromatic rings. The fourth-order valence-corrected chi connectivity index (χ4v) is 3.97. The van der Waals surface area contributed by atoms with Crippen molar-refractivity contribution < 1.29 is 28.5 Å². The molecule has 0 aromatic heterocycles. The molecule has 0 atom stereocenters. The first-order valence-corrected chi connectivity index (χ1v) is 15.5. The van der Waals surface area contributed by atoms with Crippen molar-refractivity contribution in [3.8, 4) is 11.5 Å². The Morgan fingerprint density at radius 2 is 0.857 bits per heavy atom. The van der Waals surface area contributed by atoms with Crippen molar-refractivity contribution in [3.05, 3.63) is 71.8 Å². The average molecular weight is 581 g/mol. The molecular weight excluding hydrogens is 528 g/mol. The molecule has 2 aromatic carbocycles. The summed E-state index contributed by atoms with van der Waals surface area (Å²) in [6.45, 7) is 5.43. The Morgan fingerprint density at radius 3 is 1.19 bits per heavy atom. The SMILES string of the molecule is CCCCCCCCOC(=O)C=Cc1ccc(OC)cc1.CCCCCCCCOC(=O)C=Cc1ccc(OC)cc1. The maximum absolute atomic E-state index is 11.5. The maximum atomic E-state index is 11.5. The summed E-state index contributed by atoms with van der Waals surface area (Å²) in [5.74, 6) is 1.05. The molecule has 0 saturated heterocycles. The van der Waals surface area contributed by atoms with Gasteiger partial charge in [0.2, 0.25) is 0 Å². The molecule has 0 heterocycles. The van der Waals surface area contributed by atoms with Crippen LogP contribution in [0.25, 0.3) is 12.2 Å². The lowest BCUT2D eigenvalue weighted by Crippen LogP contribution is -2.02. The Bertz CT molecular complexity index is 925. The molecule has 0 fully saturated rings. The fraction of sp³-hybridized carbons (Fsp3) is 0.500. The van der Waals surface area contributed by atoms with Gasteiger partial charge in [0.25, 0.3) is 0 Å². The monoisotopic (exact) mass is 580 g/mol. The second-order valence-corrected chi connectivity index (χ2v) is 10.1. The molecule has 0 aliphatic carbocycles. The zero-order valence-corrected chi connectivity index (χ0v) is 26.3. The molecule has 0 saturated carbocycles. The highest BCUT2D eigenvalue weighted by Crippen LogP contribution is 2.13. The third-order valence-corrected chi connectivity index (χ3v) is 6.54. The Balaban J connectivity index is 0.000000420. The first-order valence-electron chi connectivity index (χ1n) is 15.5. The molecular formula is C36H52O6. The van der Waals surface area contributed by atoms with Crippen LogP contribution in [-0.2, 0) is 19.1 Å². The van der Waals surface area contributed by atoms with Gasteiger partial charge in [-0.05, 0) is 60.4 Å². The van der Waals surface area contributed by atoms with E-state index in [1.807, 2.05) is 48.5 Å². The minimum atomic E-state index is -0.278.